The summed E-state index contributed by atoms with van der Waals surface area (Å²) in [5.74, 6) is -2.94. The normalized spacial score (nSPS) is 15.4. The first-order valence-electron chi connectivity index (χ1n) is 4.46. The maximum absolute atomic E-state index is 11.2. The van der Waals surface area contributed by atoms with Gasteiger partial charge in [0.1, 0.15) is 11.5 Å². The molecule has 5 heteroatoms. The molecule has 0 heterocycles. The van der Waals surface area contributed by atoms with E-state index in [1.165, 1.54) is 0 Å². The molecule has 1 aliphatic carbocycles. The number of hydrogen-bond donors (Lipinski definition) is 2. The summed E-state index contributed by atoms with van der Waals surface area (Å²) in [6.07, 6.45) is 1.67. The Hall–Kier alpha value is -2.17. The van der Waals surface area contributed by atoms with Gasteiger partial charge < -0.3 is 10.2 Å². The third-order valence-corrected chi connectivity index (χ3v) is 2.02. The molecule has 0 saturated heterocycles. The van der Waals surface area contributed by atoms with Crippen LogP contribution in [0.3, 0.4) is 0 Å². The molecule has 0 amide bonds. The minimum absolute atomic E-state index is 0.292. The van der Waals surface area contributed by atoms with Gasteiger partial charge in [0.25, 0.3) is 0 Å². The van der Waals surface area contributed by atoms with Crippen LogP contribution in [-0.4, -0.2) is 27.6 Å². The molecule has 0 aromatic rings. The zero-order valence-electron chi connectivity index (χ0n) is 8.77. The number of Topliss-reactive ketones (excluding diaryl/α,β-unsaturated/α-hetero) is 2. The second-order valence-electron chi connectivity index (χ2n) is 3.32. The fourth-order valence-electron chi connectivity index (χ4n) is 1.44. The zero-order chi connectivity index (χ0) is 12.5. The standard InChI is InChI=1S/C11H10O5/c1-5(12)10(6(2)13)11-8(15)3-7(14)4-9(11)16/h3-4,15-16H,1-2H3. The van der Waals surface area contributed by atoms with Crippen molar-refractivity contribution >= 4 is 17.3 Å². The van der Waals surface area contributed by atoms with Crippen molar-refractivity contribution in [2.24, 2.45) is 0 Å². The molecule has 0 unspecified atom stereocenters. The van der Waals surface area contributed by atoms with Gasteiger partial charge in [-0.1, -0.05) is 0 Å². The molecular weight excluding hydrogens is 212 g/mol. The summed E-state index contributed by atoms with van der Waals surface area (Å²) in [4.78, 5) is 33.4. The Balaban J connectivity index is 3.50. The van der Waals surface area contributed by atoms with Gasteiger partial charge in [-0.05, 0) is 13.8 Å². The second-order valence-corrected chi connectivity index (χ2v) is 3.32. The van der Waals surface area contributed by atoms with Gasteiger partial charge in [0, 0.05) is 12.2 Å². The van der Waals surface area contributed by atoms with E-state index in [-0.39, 0.29) is 11.1 Å². The van der Waals surface area contributed by atoms with Crippen LogP contribution in [0, 0.1) is 0 Å². The summed E-state index contributed by atoms with van der Waals surface area (Å²) < 4.78 is 0. The van der Waals surface area contributed by atoms with Crippen LogP contribution in [0.5, 0.6) is 0 Å². The highest BCUT2D eigenvalue weighted by Gasteiger charge is 2.25. The third-order valence-electron chi connectivity index (χ3n) is 2.02. The van der Waals surface area contributed by atoms with Crippen LogP contribution in [0.1, 0.15) is 13.8 Å². The maximum atomic E-state index is 11.2. The molecule has 1 aliphatic rings. The van der Waals surface area contributed by atoms with Gasteiger partial charge in [-0.2, -0.15) is 0 Å². The number of rotatable bonds is 2. The quantitative estimate of drug-likeness (QED) is 0.412. The molecule has 5 nitrogen and oxygen atoms in total. The van der Waals surface area contributed by atoms with Crippen molar-refractivity contribution < 1.29 is 24.6 Å². The molecular formula is C11H10O5. The first kappa shape index (κ1) is 11.9. The molecule has 16 heavy (non-hydrogen) atoms. The Morgan fingerprint density at radius 1 is 1.00 bits per heavy atom. The van der Waals surface area contributed by atoms with Crippen molar-refractivity contribution in [1.29, 1.82) is 0 Å². The molecule has 2 N–H and O–H groups in total. The van der Waals surface area contributed by atoms with Crippen LogP contribution < -0.4 is 0 Å². The molecule has 1 rings (SSSR count). The van der Waals surface area contributed by atoms with Crippen LogP contribution in [0.4, 0.5) is 0 Å². The first-order valence-corrected chi connectivity index (χ1v) is 4.46. The van der Waals surface area contributed by atoms with Crippen molar-refractivity contribution in [3.8, 4) is 0 Å². The van der Waals surface area contributed by atoms with E-state index in [0.717, 1.165) is 26.0 Å². The monoisotopic (exact) mass is 222 g/mol. The van der Waals surface area contributed by atoms with Crippen LogP contribution in [0.2, 0.25) is 0 Å². The van der Waals surface area contributed by atoms with Gasteiger partial charge >= 0.3 is 0 Å². The molecule has 0 aromatic carbocycles. The van der Waals surface area contributed by atoms with Crippen LogP contribution in [-0.2, 0) is 14.4 Å². The molecule has 0 bridgehead atoms. The largest absolute Gasteiger partial charge is 0.507 e. The van der Waals surface area contributed by atoms with Crippen molar-refractivity contribution in [2.75, 3.05) is 0 Å². The van der Waals surface area contributed by atoms with Gasteiger partial charge in [-0.3, -0.25) is 14.4 Å². The number of aliphatic hydroxyl groups is 2. The first-order chi connectivity index (χ1) is 7.34. The predicted molar refractivity (Wildman–Crippen MR) is 54.8 cm³/mol. The summed E-state index contributed by atoms with van der Waals surface area (Å²) >= 11 is 0. The Morgan fingerprint density at radius 2 is 1.38 bits per heavy atom. The van der Waals surface area contributed by atoms with Crippen LogP contribution >= 0.6 is 0 Å². The highest BCUT2D eigenvalue weighted by molar-refractivity contribution is 6.20. The van der Waals surface area contributed by atoms with Crippen molar-refractivity contribution in [2.45, 2.75) is 13.8 Å². The summed E-state index contributed by atoms with van der Waals surface area (Å²) in [6, 6.07) is 0. The zero-order valence-corrected chi connectivity index (χ0v) is 8.77. The van der Waals surface area contributed by atoms with Crippen molar-refractivity contribution in [3.05, 3.63) is 34.8 Å². The number of ketones is 3. The highest BCUT2D eigenvalue weighted by atomic mass is 16.3. The van der Waals surface area contributed by atoms with Crippen LogP contribution in [0.25, 0.3) is 0 Å². The maximum Gasteiger partial charge on any atom is 0.186 e. The highest BCUT2D eigenvalue weighted by Crippen LogP contribution is 2.24. The van der Waals surface area contributed by atoms with E-state index in [1.54, 1.807) is 0 Å². The average Bonchev–Trinajstić information content (AvgIpc) is 2.09. The molecule has 0 saturated carbocycles. The van der Waals surface area contributed by atoms with Gasteiger partial charge in [0.05, 0.1) is 11.1 Å². The average molecular weight is 222 g/mol. The minimum Gasteiger partial charge on any atom is -0.507 e. The molecule has 0 spiro atoms. The molecule has 0 fully saturated rings. The van der Waals surface area contributed by atoms with E-state index in [4.69, 9.17) is 0 Å². The minimum atomic E-state index is -0.606. The van der Waals surface area contributed by atoms with Crippen LogP contribution in [0.15, 0.2) is 34.8 Å². The number of allylic oxidation sites excluding steroid dienone is 3. The third kappa shape index (κ3) is 2.08. The number of hydrogen-bond acceptors (Lipinski definition) is 5. The van der Waals surface area contributed by atoms with E-state index in [0.29, 0.717) is 0 Å². The van der Waals surface area contributed by atoms with Gasteiger partial charge in [0.2, 0.25) is 0 Å². The van der Waals surface area contributed by atoms with Crippen molar-refractivity contribution in [3.63, 3.8) is 0 Å². The smallest absolute Gasteiger partial charge is 0.186 e. The van der Waals surface area contributed by atoms with E-state index in [1.807, 2.05) is 0 Å². The fraction of sp³-hybridized carbons (Fsp3) is 0.182. The topological polar surface area (TPSA) is 91.7 Å². The molecule has 0 aromatic heterocycles. The molecule has 0 aliphatic heterocycles. The van der Waals surface area contributed by atoms with Crippen molar-refractivity contribution in [1.82, 2.24) is 0 Å². The van der Waals surface area contributed by atoms with E-state index in [2.05, 4.69) is 0 Å². The van der Waals surface area contributed by atoms with Gasteiger partial charge in [0.15, 0.2) is 17.3 Å². The summed E-state index contributed by atoms with van der Waals surface area (Å²) in [5, 5.41) is 18.9. The Bertz CT molecular complexity index is 437. The van der Waals surface area contributed by atoms with Gasteiger partial charge in [-0.15, -0.1) is 0 Å². The lowest BCUT2D eigenvalue weighted by Crippen LogP contribution is -2.15. The lowest BCUT2D eigenvalue weighted by molar-refractivity contribution is -0.119. The van der Waals surface area contributed by atoms with E-state index < -0.39 is 28.9 Å². The lowest BCUT2D eigenvalue weighted by Gasteiger charge is -2.12. The Kier molecular flexibility index (Phi) is 3.08. The Labute approximate surface area is 91.4 Å². The molecule has 0 atom stereocenters. The summed E-state index contributed by atoms with van der Waals surface area (Å²) in [6.45, 7) is 2.28. The molecule has 0 radical (unpaired) electrons. The number of carbonyl (C=O) groups is 3. The fourth-order valence-corrected chi connectivity index (χ4v) is 1.44. The Morgan fingerprint density at radius 3 is 1.69 bits per heavy atom. The van der Waals surface area contributed by atoms with E-state index in [9.17, 15) is 24.6 Å². The summed E-state index contributed by atoms with van der Waals surface area (Å²) in [5.41, 5.74) is -0.616. The lowest BCUT2D eigenvalue weighted by atomic mass is 9.94. The SMILES string of the molecule is CC(=O)C(C(C)=O)=C1C(O)=CC(=O)C=C1O. The second kappa shape index (κ2) is 4.14. The number of carbonyl (C=O) groups excluding carboxylic acids is 3. The van der Waals surface area contributed by atoms with Gasteiger partial charge in [-0.25, -0.2) is 0 Å². The number of aliphatic hydroxyl groups excluding tert-OH is 2. The van der Waals surface area contributed by atoms with E-state index >= 15 is 0 Å². The predicted octanol–water partition coefficient (Wildman–Crippen LogP) is 0.927. The summed E-state index contributed by atoms with van der Waals surface area (Å²) in [7, 11) is 0. The molecule has 84 valence electrons.